The molecule has 0 N–H and O–H groups in total. The highest BCUT2D eigenvalue weighted by atomic mass is 32.2. The number of sulfonamides is 1. The molecule has 0 aliphatic carbocycles. The van der Waals surface area contributed by atoms with Crippen molar-refractivity contribution in [1.82, 2.24) is 18.7 Å². The van der Waals surface area contributed by atoms with Crippen LogP contribution in [0.4, 0.5) is 4.39 Å². The number of hydrogen-bond acceptors (Lipinski definition) is 4. The van der Waals surface area contributed by atoms with E-state index in [-0.39, 0.29) is 11.3 Å². The maximum atomic E-state index is 14.0. The number of rotatable bonds is 6. The minimum Gasteiger partial charge on any atom is -0.273 e. The molecule has 3 aromatic rings. The molecule has 7 nitrogen and oxygen atoms in total. The Kier molecular flexibility index (Phi) is 5.57. The van der Waals surface area contributed by atoms with Gasteiger partial charge in [-0.1, -0.05) is 48.5 Å². The van der Waals surface area contributed by atoms with Crippen molar-refractivity contribution in [1.29, 1.82) is 0 Å². The summed E-state index contributed by atoms with van der Waals surface area (Å²) in [4.78, 5) is 12.7. The minimum absolute atomic E-state index is 0.130. The summed E-state index contributed by atoms with van der Waals surface area (Å²) < 4.78 is 44.4. The quantitative estimate of drug-likeness (QED) is 0.602. The number of hydrogen-bond donors (Lipinski definition) is 0. The Balaban J connectivity index is 1.68. The molecular weight excluding hydrogens is 407 g/mol. The second-order valence-corrected chi connectivity index (χ2v) is 9.37. The van der Waals surface area contributed by atoms with Crippen LogP contribution < -0.4 is 5.69 Å². The van der Waals surface area contributed by atoms with Gasteiger partial charge in [0.05, 0.1) is 18.3 Å². The Morgan fingerprint density at radius 1 is 1.10 bits per heavy atom. The van der Waals surface area contributed by atoms with E-state index >= 15 is 0 Å². The van der Waals surface area contributed by atoms with Gasteiger partial charge in [0.25, 0.3) is 0 Å². The molecule has 1 saturated heterocycles. The van der Waals surface area contributed by atoms with Crippen LogP contribution in [0.2, 0.25) is 0 Å². The smallest absolute Gasteiger partial charge is 0.273 e. The molecule has 0 radical (unpaired) electrons. The lowest BCUT2D eigenvalue weighted by atomic mass is 10.2. The molecule has 0 spiro atoms. The van der Waals surface area contributed by atoms with Gasteiger partial charge < -0.3 is 0 Å². The van der Waals surface area contributed by atoms with E-state index < -0.39 is 27.6 Å². The first kappa shape index (κ1) is 20.5. The summed E-state index contributed by atoms with van der Waals surface area (Å²) in [5.74, 6) is -0.553. The van der Waals surface area contributed by atoms with Crippen molar-refractivity contribution in [2.75, 3.05) is 6.54 Å². The lowest BCUT2D eigenvalue weighted by Gasteiger charge is -2.24. The molecule has 4 rings (SSSR count). The van der Waals surface area contributed by atoms with E-state index in [9.17, 15) is 17.6 Å². The number of halogens is 1. The third kappa shape index (κ3) is 3.95. The van der Waals surface area contributed by atoms with Crippen LogP contribution in [-0.2, 0) is 29.4 Å². The molecule has 2 aromatic carbocycles. The molecule has 1 aliphatic rings. The number of benzene rings is 2. The Hall–Kier alpha value is -2.78. The zero-order valence-electron chi connectivity index (χ0n) is 16.6. The zero-order valence-corrected chi connectivity index (χ0v) is 17.4. The first-order valence-electron chi connectivity index (χ1n) is 9.77. The summed E-state index contributed by atoms with van der Waals surface area (Å²) >= 11 is 0. The van der Waals surface area contributed by atoms with Crippen molar-refractivity contribution in [3.8, 4) is 0 Å². The average Bonchev–Trinajstić information content (AvgIpc) is 3.32. The Morgan fingerprint density at radius 3 is 2.53 bits per heavy atom. The van der Waals surface area contributed by atoms with Gasteiger partial charge >= 0.3 is 5.69 Å². The van der Waals surface area contributed by atoms with Gasteiger partial charge in [-0.05, 0) is 24.5 Å². The lowest BCUT2D eigenvalue weighted by Crippen LogP contribution is -2.34. The molecule has 1 atom stereocenters. The fourth-order valence-corrected chi connectivity index (χ4v) is 5.70. The standard InChI is InChI=1S/C21H23FN4O3S/c1-24-21(27)25(14-16-8-3-2-4-9-16)20(23-24)19-12-7-13-26(19)30(28,29)15-17-10-5-6-11-18(17)22/h2-6,8-11,19H,7,12-15H2,1H3. The summed E-state index contributed by atoms with van der Waals surface area (Å²) in [6.07, 6.45) is 1.21. The molecule has 1 aromatic heterocycles. The largest absolute Gasteiger partial charge is 0.346 e. The highest BCUT2D eigenvalue weighted by Gasteiger charge is 2.38. The van der Waals surface area contributed by atoms with Gasteiger partial charge in [-0.15, -0.1) is 0 Å². The van der Waals surface area contributed by atoms with Crippen LogP contribution in [0.3, 0.4) is 0 Å². The van der Waals surface area contributed by atoms with E-state index in [1.165, 1.54) is 31.8 Å². The molecule has 158 valence electrons. The van der Waals surface area contributed by atoms with Crippen molar-refractivity contribution in [2.24, 2.45) is 7.05 Å². The van der Waals surface area contributed by atoms with Crippen LogP contribution in [0.5, 0.6) is 0 Å². The van der Waals surface area contributed by atoms with Gasteiger partial charge in [-0.25, -0.2) is 22.3 Å². The van der Waals surface area contributed by atoms with Crippen molar-refractivity contribution in [2.45, 2.75) is 31.2 Å². The van der Waals surface area contributed by atoms with Crippen LogP contribution in [0, 0.1) is 5.82 Å². The molecule has 0 saturated carbocycles. The van der Waals surface area contributed by atoms with E-state index in [1.54, 1.807) is 13.1 Å². The van der Waals surface area contributed by atoms with Crippen molar-refractivity contribution in [3.63, 3.8) is 0 Å². The Bertz CT molecular complexity index is 1200. The molecule has 0 amide bonds. The maximum absolute atomic E-state index is 14.0. The van der Waals surface area contributed by atoms with Crippen molar-refractivity contribution in [3.05, 3.63) is 87.9 Å². The second kappa shape index (κ2) is 8.16. The topological polar surface area (TPSA) is 77.2 Å². The molecule has 9 heteroatoms. The molecular formula is C21H23FN4O3S. The fourth-order valence-electron chi connectivity index (χ4n) is 3.91. The van der Waals surface area contributed by atoms with Gasteiger partial charge in [-0.3, -0.25) is 4.57 Å². The molecule has 30 heavy (non-hydrogen) atoms. The van der Waals surface area contributed by atoms with Gasteiger partial charge in [0.15, 0.2) is 5.82 Å². The normalized spacial score (nSPS) is 17.5. The van der Waals surface area contributed by atoms with Crippen LogP contribution in [0.1, 0.15) is 35.8 Å². The number of aryl methyl sites for hydroxylation is 1. The van der Waals surface area contributed by atoms with Crippen LogP contribution >= 0.6 is 0 Å². The first-order chi connectivity index (χ1) is 14.4. The van der Waals surface area contributed by atoms with Gasteiger partial charge in [0, 0.05) is 19.2 Å². The highest BCUT2D eigenvalue weighted by Crippen LogP contribution is 2.34. The Labute approximate surface area is 174 Å². The third-order valence-corrected chi connectivity index (χ3v) is 7.20. The maximum Gasteiger partial charge on any atom is 0.346 e. The first-order valence-corrected chi connectivity index (χ1v) is 11.4. The lowest BCUT2D eigenvalue weighted by molar-refractivity contribution is 0.372. The summed E-state index contributed by atoms with van der Waals surface area (Å²) in [6, 6.07) is 14.8. The van der Waals surface area contributed by atoms with Gasteiger partial charge in [-0.2, -0.15) is 9.40 Å². The number of nitrogens with zero attached hydrogens (tertiary/aromatic N) is 4. The summed E-state index contributed by atoms with van der Waals surface area (Å²) in [5.41, 5.74) is 0.755. The van der Waals surface area contributed by atoms with E-state index in [4.69, 9.17) is 0 Å². The van der Waals surface area contributed by atoms with E-state index in [2.05, 4.69) is 5.10 Å². The average molecular weight is 431 g/mol. The van der Waals surface area contributed by atoms with Gasteiger partial charge in [0.1, 0.15) is 5.82 Å². The Morgan fingerprint density at radius 2 is 1.80 bits per heavy atom. The molecule has 1 unspecified atom stereocenters. The molecule has 2 heterocycles. The SMILES string of the molecule is Cn1nc(C2CCCN2S(=O)(=O)Cc2ccccc2F)n(Cc2ccccc2)c1=O. The predicted molar refractivity (Wildman–Crippen MR) is 111 cm³/mol. The summed E-state index contributed by atoms with van der Waals surface area (Å²) in [7, 11) is -2.24. The van der Waals surface area contributed by atoms with Crippen LogP contribution in [-0.4, -0.2) is 33.6 Å². The monoisotopic (exact) mass is 430 g/mol. The molecule has 1 aliphatic heterocycles. The van der Waals surface area contributed by atoms with E-state index in [0.717, 1.165) is 5.56 Å². The second-order valence-electron chi connectivity index (χ2n) is 7.45. The molecule has 1 fully saturated rings. The summed E-state index contributed by atoms with van der Waals surface area (Å²) in [5, 5.41) is 4.36. The summed E-state index contributed by atoms with van der Waals surface area (Å²) in [6.45, 7) is 0.623. The van der Waals surface area contributed by atoms with E-state index in [0.29, 0.717) is 31.8 Å². The zero-order chi connectivity index (χ0) is 21.3. The molecule has 0 bridgehead atoms. The number of aromatic nitrogens is 3. The highest BCUT2D eigenvalue weighted by molar-refractivity contribution is 7.88. The third-order valence-electron chi connectivity index (χ3n) is 5.38. The van der Waals surface area contributed by atoms with E-state index in [1.807, 2.05) is 30.3 Å². The van der Waals surface area contributed by atoms with Crippen LogP contribution in [0.25, 0.3) is 0 Å². The predicted octanol–water partition coefficient (Wildman–Crippen LogP) is 2.44. The van der Waals surface area contributed by atoms with Gasteiger partial charge in [0.2, 0.25) is 10.0 Å². The van der Waals surface area contributed by atoms with Crippen LogP contribution in [0.15, 0.2) is 59.4 Å². The minimum atomic E-state index is -3.80. The van der Waals surface area contributed by atoms with Crippen molar-refractivity contribution >= 4 is 10.0 Å². The fraction of sp³-hybridized carbons (Fsp3) is 0.333. The van der Waals surface area contributed by atoms with Crippen molar-refractivity contribution < 1.29 is 12.8 Å².